The Morgan fingerprint density at radius 1 is 0.262 bits per heavy atom. The van der Waals surface area contributed by atoms with E-state index in [0.29, 0.717) is 0 Å². The number of carbonyl (C=O) groups is 12. The average molecular weight is 1450 g/mol. The van der Waals surface area contributed by atoms with Crippen LogP contribution in [0.4, 0.5) is 4.79 Å². The third-order valence-electron chi connectivity index (χ3n) is 16.3. The molecule has 11 atom stereocenters. The van der Waals surface area contributed by atoms with Crippen LogP contribution < -0.4 is 58.5 Å². The van der Waals surface area contributed by atoms with Crippen LogP contribution in [-0.2, 0) is 68.8 Å². The summed E-state index contributed by atoms with van der Waals surface area (Å²) in [5.74, 6) is -8.45. The van der Waals surface area contributed by atoms with Crippen LogP contribution in [0, 0.1) is 65.1 Å². The number of nitrogens with one attached hydrogen (secondary N) is 11. The summed E-state index contributed by atoms with van der Waals surface area (Å²) < 4.78 is 11.1. The van der Waals surface area contributed by atoms with Crippen molar-refractivity contribution in [1.29, 1.82) is 0 Å². The van der Waals surface area contributed by atoms with E-state index in [9.17, 15) is 57.5 Å². The van der Waals surface area contributed by atoms with Gasteiger partial charge in [0.05, 0.1) is 0 Å². The molecule has 11 N–H and O–H groups in total. The zero-order valence-electron chi connectivity index (χ0n) is 67.3. The molecule has 0 aromatic heterocycles. The van der Waals surface area contributed by atoms with Crippen LogP contribution >= 0.6 is 0 Å². The van der Waals surface area contributed by atoms with Crippen molar-refractivity contribution >= 4 is 71.1 Å². The lowest BCUT2D eigenvalue weighted by Gasteiger charge is -2.30. The molecule has 103 heavy (non-hydrogen) atoms. The molecule has 588 valence electrons. The normalized spacial score (nSPS) is 15.1. The minimum atomic E-state index is -1.22. The van der Waals surface area contributed by atoms with Crippen molar-refractivity contribution in [2.75, 3.05) is 0 Å². The van der Waals surface area contributed by atoms with E-state index >= 15 is 0 Å². The largest absolute Gasteiger partial charge is 0.459 e. The van der Waals surface area contributed by atoms with Gasteiger partial charge in [-0.2, -0.15) is 0 Å². The van der Waals surface area contributed by atoms with Gasteiger partial charge in [0.15, 0.2) is 0 Å². The minimum Gasteiger partial charge on any atom is -0.459 e. The van der Waals surface area contributed by atoms with E-state index in [1.54, 1.807) is 20.8 Å². The molecule has 0 heterocycles. The van der Waals surface area contributed by atoms with Crippen molar-refractivity contribution in [3.8, 4) is 0 Å². The fraction of sp³-hybridized carbons (Fsp3) is 0.769. The first-order chi connectivity index (χ1) is 47.7. The van der Waals surface area contributed by atoms with Crippen molar-refractivity contribution in [2.24, 2.45) is 65.1 Å². The van der Waals surface area contributed by atoms with E-state index in [-0.39, 0.29) is 142 Å². The monoisotopic (exact) mass is 1450 g/mol. The second kappa shape index (κ2) is 46.5. The SMILES string of the molecule is CC(C)C[C@H](NC(=O)OC(C)(C)C)C(=O)N[C@@H](CC(C)C)C(=O)N[C@@H](CC(C)C)C(=O)N[C@@H](CC(C)C)C(=O)N[C@@H](CC(C)C)C(=O)N[C@@H](CC(C)C)C(=O)N[C@@H](CC(C)C)C(=O)N[C@@H](CC(C)C)C(=O)N[C@@H](CC(C)C)C(=O)N[C@@H](CC(C)C)C(=O)N[C@@H](CC(C)C)C(=O)OCc1ccccc1. The van der Waals surface area contributed by atoms with Crippen LogP contribution in [0.2, 0.25) is 0 Å². The Bertz CT molecular complexity index is 2830. The molecule has 0 spiro atoms. The van der Waals surface area contributed by atoms with Gasteiger partial charge in [0, 0.05) is 0 Å². The molecular weight excluding hydrogens is 1310 g/mol. The summed E-state index contributed by atoms with van der Waals surface area (Å²) in [6, 6.07) is -3.49. The topological polar surface area (TPSA) is 356 Å². The van der Waals surface area contributed by atoms with Crippen molar-refractivity contribution in [2.45, 2.75) is 322 Å². The van der Waals surface area contributed by atoms with Crippen LogP contribution in [0.3, 0.4) is 0 Å². The molecule has 25 heteroatoms. The number of carbonyl (C=O) groups excluding carboxylic acids is 12. The number of amides is 11. The highest BCUT2D eigenvalue weighted by atomic mass is 16.6. The second-order valence-corrected chi connectivity index (χ2v) is 33.8. The molecule has 1 aromatic rings. The number of esters is 1. The van der Waals surface area contributed by atoms with Crippen LogP contribution in [0.25, 0.3) is 0 Å². The first-order valence-electron chi connectivity index (χ1n) is 37.9. The molecule has 1 rings (SSSR count). The Hall–Kier alpha value is -7.34. The smallest absolute Gasteiger partial charge is 0.408 e. The number of hydrogen-bond donors (Lipinski definition) is 11. The fourth-order valence-electron chi connectivity index (χ4n) is 11.7. The fourth-order valence-corrected chi connectivity index (χ4v) is 11.7. The summed E-state index contributed by atoms with van der Waals surface area (Å²) in [7, 11) is 0. The molecule has 0 aliphatic heterocycles. The van der Waals surface area contributed by atoms with Gasteiger partial charge in [-0.1, -0.05) is 183 Å². The van der Waals surface area contributed by atoms with Crippen molar-refractivity contribution in [1.82, 2.24) is 58.5 Å². The molecule has 25 nitrogen and oxygen atoms in total. The molecule has 0 radical (unpaired) electrons. The number of benzene rings is 1. The Kier molecular flexibility index (Phi) is 42.3. The maximum atomic E-state index is 14.7. The van der Waals surface area contributed by atoms with Gasteiger partial charge in [0.25, 0.3) is 0 Å². The number of alkyl carbamates (subject to hydrolysis) is 1. The van der Waals surface area contributed by atoms with Crippen LogP contribution in [0.5, 0.6) is 0 Å². The summed E-state index contributed by atoms with van der Waals surface area (Å²) in [6.07, 6.45) is 1.06. The third-order valence-corrected chi connectivity index (χ3v) is 16.3. The lowest BCUT2D eigenvalue weighted by molar-refractivity contribution is -0.150. The standard InChI is InChI=1S/C78H137N11O14/c1-43(2)31-55(79-67(91)56(32-44(3)4)81-69(93)58(34-46(7)8)83-71(95)60(36-48(11)12)85-73(97)62(38-50(15)16)87-75(99)64(40-52(19)20)89-77(101)103-78(23,24)25)66(90)80-57(33-45(5)6)68(92)82-59(35-47(9)10)70(94)84-61(37-49(13)14)72(96)86-63(39-51(17)18)74(98)88-65(41-53(21)22)76(100)102-42-54-29-27-26-28-30-54/h26-30,43-53,55-65H,31-42H2,1-25H3,(H,79,91)(H,80,90)(H,81,93)(H,82,92)(H,83,95)(H,84,94)(H,85,97)(H,86,96)(H,87,99)(H,88,98)(H,89,101)/t55-,56-,57-,58-,59-,60-,61-,62-,63-,64-,65-/m0/s1. The number of ether oxygens (including phenoxy) is 2. The summed E-state index contributed by atoms with van der Waals surface area (Å²) in [4.78, 5) is 171. The molecule has 11 amide bonds. The summed E-state index contributed by atoms with van der Waals surface area (Å²) in [5, 5.41) is 31.2. The minimum absolute atomic E-state index is 0.00309. The molecule has 0 saturated heterocycles. The Morgan fingerprint density at radius 2 is 0.427 bits per heavy atom. The Balaban J connectivity index is 3.60. The average Bonchev–Trinajstić information content (AvgIpc) is 0.857. The highest BCUT2D eigenvalue weighted by Gasteiger charge is 2.39. The van der Waals surface area contributed by atoms with Crippen molar-refractivity contribution in [3.63, 3.8) is 0 Å². The molecule has 0 unspecified atom stereocenters. The van der Waals surface area contributed by atoms with Crippen molar-refractivity contribution in [3.05, 3.63) is 35.9 Å². The summed E-state index contributed by atoms with van der Waals surface area (Å²) in [5.41, 5.74) is -0.0539. The van der Waals surface area contributed by atoms with E-state index < -0.39 is 143 Å². The van der Waals surface area contributed by atoms with Gasteiger partial charge in [0.2, 0.25) is 59.1 Å². The molecule has 1 aromatic carbocycles. The Labute approximate surface area is 617 Å². The van der Waals surface area contributed by atoms with Gasteiger partial charge >= 0.3 is 12.1 Å². The molecule has 0 fully saturated rings. The molecule has 0 aliphatic rings. The molecular formula is C78H137N11O14. The zero-order valence-corrected chi connectivity index (χ0v) is 67.3. The van der Waals surface area contributed by atoms with Gasteiger partial charge < -0.3 is 68.0 Å². The van der Waals surface area contributed by atoms with Crippen LogP contribution in [-0.4, -0.2) is 143 Å². The number of hydrogen-bond acceptors (Lipinski definition) is 14. The van der Waals surface area contributed by atoms with Gasteiger partial charge in [-0.15, -0.1) is 0 Å². The summed E-state index contributed by atoms with van der Waals surface area (Å²) >= 11 is 0. The second-order valence-electron chi connectivity index (χ2n) is 33.8. The highest BCUT2D eigenvalue weighted by Crippen LogP contribution is 2.19. The van der Waals surface area contributed by atoms with E-state index in [0.717, 1.165) is 5.56 Å². The number of rotatable bonds is 46. The Morgan fingerprint density at radius 3 is 0.602 bits per heavy atom. The predicted octanol–water partition coefficient (Wildman–Crippen LogP) is 8.98. The first-order valence-corrected chi connectivity index (χ1v) is 37.9. The van der Waals surface area contributed by atoms with Crippen molar-refractivity contribution < 1.29 is 67.0 Å². The highest BCUT2D eigenvalue weighted by molar-refractivity contribution is 5.99. The maximum Gasteiger partial charge on any atom is 0.408 e. The summed E-state index contributed by atoms with van der Waals surface area (Å²) in [6.45, 7) is 46.4. The van der Waals surface area contributed by atoms with Gasteiger partial charge in [0.1, 0.15) is 78.7 Å². The van der Waals surface area contributed by atoms with Gasteiger partial charge in [-0.25, -0.2) is 9.59 Å². The lowest BCUT2D eigenvalue weighted by Crippen LogP contribution is -2.61. The lowest BCUT2D eigenvalue weighted by atomic mass is 9.97. The molecule has 0 saturated carbocycles. The van der Waals surface area contributed by atoms with E-state index in [2.05, 4.69) is 58.5 Å². The molecule has 0 aliphatic carbocycles. The first kappa shape index (κ1) is 93.7. The van der Waals surface area contributed by atoms with E-state index in [1.807, 2.05) is 183 Å². The maximum absolute atomic E-state index is 14.7. The van der Waals surface area contributed by atoms with Crippen LogP contribution in [0.15, 0.2) is 30.3 Å². The quantitative estimate of drug-likeness (QED) is 0.0271. The van der Waals surface area contributed by atoms with Crippen LogP contribution in [0.1, 0.15) is 249 Å². The van der Waals surface area contributed by atoms with E-state index in [4.69, 9.17) is 9.47 Å². The third kappa shape index (κ3) is 39.9. The molecule has 0 bridgehead atoms. The predicted molar refractivity (Wildman–Crippen MR) is 403 cm³/mol. The van der Waals surface area contributed by atoms with Gasteiger partial charge in [-0.3, -0.25) is 47.9 Å². The zero-order chi connectivity index (χ0) is 78.9. The van der Waals surface area contributed by atoms with Gasteiger partial charge in [-0.05, 0) is 162 Å². The van der Waals surface area contributed by atoms with E-state index in [1.165, 1.54) is 0 Å².